The number of anilines is 1. The molecule has 116 valence electrons. The van der Waals surface area contributed by atoms with Crippen molar-refractivity contribution in [1.29, 1.82) is 0 Å². The van der Waals surface area contributed by atoms with Gasteiger partial charge in [0.2, 0.25) is 0 Å². The van der Waals surface area contributed by atoms with Crippen molar-refractivity contribution >= 4 is 40.7 Å². The van der Waals surface area contributed by atoms with E-state index in [4.69, 9.17) is 23.2 Å². The van der Waals surface area contributed by atoms with Gasteiger partial charge in [0.05, 0.1) is 21.8 Å². The minimum atomic E-state index is -0.875. The minimum absolute atomic E-state index is 0.0148. The maximum Gasteiger partial charge on any atom is 0.313 e. The molecule has 1 unspecified atom stereocenters. The molecule has 5 nitrogen and oxygen atoms in total. The lowest BCUT2D eigenvalue weighted by Gasteiger charge is -2.25. The summed E-state index contributed by atoms with van der Waals surface area (Å²) in [5.74, 6) is -1.73. The van der Waals surface area contributed by atoms with Gasteiger partial charge in [-0.05, 0) is 17.5 Å². The van der Waals surface area contributed by atoms with Crippen molar-refractivity contribution < 1.29 is 14.7 Å². The highest BCUT2D eigenvalue weighted by Gasteiger charge is 2.24. The number of benzene rings is 1. The highest BCUT2D eigenvalue weighted by atomic mass is 35.5. The first-order valence-corrected chi connectivity index (χ1v) is 7.09. The summed E-state index contributed by atoms with van der Waals surface area (Å²) in [7, 11) is 0. The average molecular weight is 333 g/mol. The Kier molecular flexibility index (Phi) is 6.01. The molecule has 1 aromatic rings. The van der Waals surface area contributed by atoms with E-state index in [-0.39, 0.29) is 27.7 Å². The van der Waals surface area contributed by atoms with E-state index in [9.17, 15) is 14.7 Å². The third-order valence-corrected chi connectivity index (χ3v) is 3.68. The summed E-state index contributed by atoms with van der Waals surface area (Å²) in [6.45, 7) is 5.47. The number of aliphatic hydroxyl groups excluding tert-OH is 1. The molecule has 1 atom stereocenters. The minimum Gasteiger partial charge on any atom is -0.391 e. The number of carbonyl (C=O) groups excluding carboxylic acids is 2. The molecular weight excluding hydrogens is 315 g/mol. The van der Waals surface area contributed by atoms with Crippen molar-refractivity contribution in [2.75, 3.05) is 11.9 Å². The molecule has 0 saturated heterocycles. The van der Waals surface area contributed by atoms with Gasteiger partial charge in [0.25, 0.3) is 0 Å². The fraction of sp³-hybridized carbons (Fsp3) is 0.429. The van der Waals surface area contributed by atoms with E-state index in [0.29, 0.717) is 0 Å². The Morgan fingerprint density at radius 1 is 1.24 bits per heavy atom. The van der Waals surface area contributed by atoms with Crippen molar-refractivity contribution in [2.24, 2.45) is 5.41 Å². The van der Waals surface area contributed by atoms with Gasteiger partial charge in [-0.2, -0.15) is 0 Å². The van der Waals surface area contributed by atoms with Crippen LogP contribution in [0.3, 0.4) is 0 Å². The number of halogens is 2. The van der Waals surface area contributed by atoms with Crippen LogP contribution in [0.25, 0.3) is 0 Å². The Labute approximate surface area is 133 Å². The van der Waals surface area contributed by atoms with Gasteiger partial charge in [-0.25, -0.2) is 0 Å². The zero-order valence-electron chi connectivity index (χ0n) is 12.0. The van der Waals surface area contributed by atoms with Crippen molar-refractivity contribution in [3.63, 3.8) is 0 Å². The van der Waals surface area contributed by atoms with E-state index in [1.807, 2.05) is 20.8 Å². The standard InChI is InChI=1S/C14H18Cl2N2O3/c1-14(2,3)10(19)7-17-12(20)13(21)18-9-6-4-5-8(15)11(9)16/h4-6,10,19H,7H2,1-3H3,(H,17,20)(H,18,21). The number of nitrogens with one attached hydrogen (secondary N) is 2. The van der Waals surface area contributed by atoms with Gasteiger partial charge in [-0.1, -0.05) is 50.0 Å². The van der Waals surface area contributed by atoms with E-state index in [2.05, 4.69) is 10.6 Å². The lowest BCUT2D eigenvalue weighted by Crippen LogP contribution is -2.43. The number of rotatable bonds is 3. The fourth-order valence-corrected chi connectivity index (χ4v) is 1.70. The first kappa shape index (κ1) is 17.8. The molecular formula is C14H18Cl2N2O3. The Bertz CT molecular complexity index is 542. The van der Waals surface area contributed by atoms with Crippen molar-refractivity contribution in [1.82, 2.24) is 5.32 Å². The molecule has 0 aromatic heterocycles. The van der Waals surface area contributed by atoms with E-state index in [0.717, 1.165) is 0 Å². The monoisotopic (exact) mass is 332 g/mol. The lowest BCUT2D eigenvalue weighted by molar-refractivity contribution is -0.136. The van der Waals surface area contributed by atoms with Gasteiger partial charge in [-0.15, -0.1) is 0 Å². The largest absolute Gasteiger partial charge is 0.391 e. The molecule has 0 aliphatic carbocycles. The Hall–Kier alpha value is -1.30. The first-order chi connectivity index (χ1) is 9.62. The van der Waals surface area contributed by atoms with Gasteiger partial charge < -0.3 is 15.7 Å². The summed E-state index contributed by atoms with van der Waals surface area (Å²) >= 11 is 11.7. The van der Waals surface area contributed by atoms with Crippen LogP contribution < -0.4 is 10.6 Å². The van der Waals surface area contributed by atoms with Crippen LogP contribution in [0, 0.1) is 5.41 Å². The molecule has 7 heteroatoms. The molecule has 0 spiro atoms. The summed E-state index contributed by atoms with van der Waals surface area (Å²) in [6, 6.07) is 4.70. The van der Waals surface area contributed by atoms with Gasteiger partial charge in [0, 0.05) is 6.54 Å². The van der Waals surface area contributed by atoms with Crippen LogP contribution >= 0.6 is 23.2 Å². The van der Waals surface area contributed by atoms with Gasteiger partial charge in [-0.3, -0.25) is 9.59 Å². The van der Waals surface area contributed by atoms with E-state index < -0.39 is 17.9 Å². The van der Waals surface area contributed by atoms with E-state index in [1.54, 1.807) is 12.1 Å². The second kappa shape index (κ2) is 7.11. The highest BCUT2D eigenvalue weighted by molar-refractivity contribution is 6.45. The van der Waals surface area contributed by atoms with Gasteiger partial charge >= 0.3 is 11.8 Å². The maximum atomic E-state index is 11.7. The number of hydrogen-bond acceptors (Lipinski definition) is 3. The molecule has 2 amide bonds. The summed E-state index contributed by atoms with van der Waals surface area (Å²) in [5.41, 5.74) is -0.138. The lowest BCUT2D eigenvalue weighted by atomic mass is 9.89. The summed E-state index contributed by atoms with van der Waals surface area (Å²) in [5, 5.41) is 15.0. The summed E-state index contributed by atoms with van der Waals surface area (Å²) in [6.07, 6.45) is -0.760. The fourth-order valence-electron chi connectivity index (χ4n) is 1.36. The SMILES string of the molecule is CC(C)(C)C(O)CNC(=O)C(=O)Nc1cccc(Cl)c1Cl. The van der Waals surface area contributed by atoms with Crippen LogP contribution in [-0.2, 0) is 9.59 Å². The van der Waals surface area contributed by atoms with Crippen LogP contribution in [0.2, 0.25) is 10.0 Å². The van der Waals surface area contributed by atoms with Crippen LogP contribution in [0.5, 0.6) is 0 Å². The number of aliphatic hydroxyl groups is 1. The normalized spacial score (nSPS) is 12.7. The number of amides is 2. The topological polar surface area (TPSA) is 78.4 Å². The summed E-state index contributed by atoms with van der Waals surface area (Å²) in [4.78, 5) is 23.4. The van der Waals surface area contributed by atoms with Crippen LogP contribution in [0.1, 0.15) is 20.8 Å². The van der Waals surface area contributed by atoms with Gasteiger partial charge in [0.1, 0.15) is 0 Å². The molecule has 21 heavy (non-hydrogen) atoms. The molecule has 0 heterocycles. The smallest absolute Gasteiger partial charge is 0.313 e. The van der Waals surface area contributed by atoms with E-state index in [1.165, 1.54) is 6.07 Å². The molecule has 3 N–H and O–H groups in total. The molecule has 0 saturated carbocycles. The zero-order valence-corrected chi connectivity index (χ0v) is 13.5. The number of hydrogen-bond donors (Lipinski definition) is 3. The van der Waals surface area contributed by atoms with Crippen LogP contribution in [-0.4, -0.2) is 29.6 Å². The van der Waals surface area contributed by atoms with Crippen LogP contribution in [0.15, 0.2) is 18.2 Å². The molecule has 1 rings (SSSR count). The molecule has 0 fully saturated rings. The van der Waals surface area contributed by atoms with E-state index >= 15 is 0 Å². The second-order valence-electron chi connectivity index (χ2n) is 5.65. The molecule has 0 radical (unpaired) electrons. The summed E-state index contributed by atoms with van der Waals surface area (Å²) < 4.78 is 0. The van der Waals surface area contributed by atoms with Crippen molar-refractivity contribution in [3.8, 4) is 0 Å². The number of carbonyl (C=O) groups is 2. The molecule has 0 aliphatic heterocycles. The average Bonchev–Trinajstić information content (AvgIpc) is 2.39. The first-order valence-electron chi connectivity index (χ1n) is 6.34. The molecule has 0 bridgehead atoms. The third kappa shape index (κ3) is 5.19. The van der Waals surface area contributed by atoms with Crippen molar-refractivity contribution in [2.45, 2.75) is 26.9 Å². The Balaban J connectivity index is 2.60. The third-order valence-electron chi connectivity index (χ3n) is 2.86. The quantitative estimate of drug-likeness (QED) is 0.744. The Morgan fingerprint density at radius 2 is 1.86 bits per heavy atom. The Morgan fingerprint density at radius 3 is 2.43 bits per heavy atom. The van der Waals surface area contributed by atoms with Crippen molar-refractivity contribution in [3.05, 3.63) is 28.2 Å². The highest BCUT2D eigenvalue weighted by Crippen LogP contribution is 2.29. The van der Waals surface area contributed by atoms with Crippen LogP contribution in [0.4, 0.5) is 5.69 Å². The maximum absolute atomic E-state index is 11.7. The molecule has 1 aromatic carbocycles. The predicted octanol–water partition coefficient (Wildman–Crippen LogP) is 2.46. The molecule has 0 aliphatic rings. The second-order valence-corrected chi connectivity index (χ2v) is 6.43. The zero-order chi connectivity index (χ0) is 16.2. The van der Waals surface area contributed by atoms with Gasteiger partial charge in [0.15, 0.2) is 0 Å². The predicted molar refractivity (Wildman–Crippen MR) is 83.6 cm³/mol.